The summed E-state index contributed by atoms with van der Waals surface area (Å²) in [5.41, 5.74) is 1.05. The third-order valence-electron chi connectivity index (χ3n) is 2.77. The van der Waals surface area contributed by atoms with E-state index < -0.39 is 15.2 Å². The van der Waals surface area contributed by atoms with Crippen molar-refractivity contribution in [3.05, 3.63) is 24.0 Å². The zero-order chi connectivity index (χ0) is 13.2. The number of thioether (sulfide) groups is 1. The van der Waals surface area contributed by atoms with Gasteiger partial charge in [-0.15, -0.1) is 0 Å². The van der Waals surface area contributed by atoms with Gasteiger partial charge in [-0.1, -0.05) is 0 Å². The normalized spacial score (nSPS) is 20.4. The lowest BCUT2D eigenvalue weighted by Crippen LogP contribution is -2.47. The molecule has 2 heterocycles. The number of rotatable bonds is 2. The summed E-state index contributed by atoms with van der Waals surface area (Å²) in [6.45, 7) is 0.664. The number of anilines is 1. The second-order valence-electron chi connectivity index (χ2n) is 4.06. The molecule has 7 heteroatoms. The molecule has 0 spiro atoms. The van der Waals surface area contributed by atoms with Crippen LogP contribution < -0.4 is 4.90 Å². The number of nitriles is 1. The Morgan fingerprint density at radius 3 is 3.06 bits per heavy atom. The highest BCUT2D eigenvalue weighted by molar-refractivity contribution is 8.01. The van der Waals surface area contributed by atoms with Gasteiger partial charge in [-0.05, 0) is 12.1 Å². The highest BCUT2D eigenvalue weighted by atomic mass is 32.2. The molecule has 0 N–H and O–H groups in total. The number of pyridine rings is 1. The van der Waals surface area contributed by atoms with E-state index in [9.17, 15) is 8.42 Å². The van der Waals surface area contributed by atoms with Gasteiger partial charge in [0.15, 0.2) is 9.84 Å². The van der Waals surface area contributed by atoms with Crippen LogP contribution in [0.1, 0.15) is 5.69 Å². The zero-order valence-electron chi connectivity index (χ0n) is 9.91. The summed E-state index contributed by atoms with van der Waals surface area (Å²) < 4.78 is 23.6. The largest absolute Gasteiger partial charge is 0.353 e. The lowest BCUT2D eigenvalue weighted by Gasteiger charge is -2.35. The lowest BCUT2D eigenvalue weighted by molar-refractivity contribution is 0.584. The van der Waals surface area contributed by atoms with Gasteiger partial charge in [0.25, 0.3) is 0 Å². The average Bonchev–Trinajstić information content (AvgIpc) is 2.38. The molecule has 1 unspecified atom stereocenters. The first-order valence-electron chi connectivity index (χ1n) is 5.42. The highest BCUT2D eigenvalue weighted by Crippen LogP contribution is 2.26. The van der Waals surface area contributed by atoms with Gasteiger partial charge < -0.3 is 4.90 Å². The van der Waals surface area contributed by atoms with Crippen LogP contribution in [0.4, 0.5) is 5.69 Å². The van der Waals surface area contributed by atoms with Gasteiger partial charge >= 0.3 is 0 Å². The van der Waals surface area contributed by atoms with Crippen LogP contribution in [0, 0.1) is 11.3 Å². The predicted molar refractivity (Wildman–Crippen MR) is 72.3 cm³/mol. The van der Waals surface area contributed by atoms with Crippen LogP contribution in [0.15, 0.2) is 18.3 Å². The van der Waals surface area contributed by atoms with E-state index in [0.29, 0.717) is 18.0 Å². The van der Waals surface area contributed by atoms with Crippen LogP contribution in [-0.4, -0.2) is 43.1 Å². The van der Waals surface area contributed by atoms with Crippen molar-refractivity contribution in [2.45, 2.75) is 5.37 Å². The number of hydrogen-bond donors (Lipinski definition) is 0. The van der Waals surface area contributed by atoms with Gasteiger partial charge in [-0.2, -0.15) is 17.0 Å². The summed E-state index contributed by atoms with van der Waals surface area (Å²) >= 11 is 1.64. The van der Waals surface area contributed by atoms with Gasteiger partial charge in [0.2, 0.25) is 0 Å². The quantitative estimate of drug-likeness (QED) is 0.802. The van der Waals surface area contributed by atoms with Crippen molar-refractivity contribution >= 4 is 27.3 Å². The minimum atomic E-state index is -3.14. The molecule has 1 aliphatic heterocycles. The Kier molecular flexibility index (Phi) is 3.78. The van der Waals surface area contributed by atoms with Crippen molar-refractivity contribution in [2.75, 3.05) is 29.2 Å². The molecule has 1 aromatic rings. The number of aromatic nitrogens is 1. The van der Waals surface area contributed by atoms with E-state index >= 15 is 0 Å². The molecule has 1 aromatic heterocycles. The Labute approximate surface area is 111 Å². The van der Waals surface area contributed by atoms with E-state index in [0.717, 1.165) is 11.4 Å². The Morgan fingerprint density at radius 1 is 1.61 bits per heavy atom. The molecule has 1 atom stereocenters. The molecule has 0 bridgehead atoms. The molecule has 5 nitrogen and oxygen atoms in total. The maximum atomic E-state index is 11.8. The Hall–Kier alpha value is -1.26. The Balaban J connectivity index is 2.37. The maximum Gasteiger partial charge on any atom is 0.169 e. The maximum absolute atomic E-state index is 11.8. The molecular weight excluding hydrogens is 270 g/mol. The van der Waals surface area contributed by atoms with E-state index in [1.54, 1.807) is 23.9 Å². The summed E-state index contributed by atoms with van der Waals surface area (Å²) in [4.78, 5) is 5.74. The van der Waals surface area contributed by atoms with Crippen molar-refractivity contribution in [1.82, 2.24) is 4.98 Å². The van der Waals surface area contributed by atoms with Crippen molar-refractivity contribution in [1.29, 1.82) is 5.26 Å². The second-order valence-corrected chi connectivity index (χ2v) is 7.42. The molecule has 96 valence electrons. The summed E-state index contributed by atoms with van der Waals surface area (Å²) in [6.07, 6.45) is 2.79. The van der Waals surface area contributed by atoms with Crippen molar-refractivity contribution in [3.63, 3.8) is 0 Å². The number of hydrogen-bond acceptors (Lipinski definition) is 6. The fourth-order valence-corrected chi connectivity index (χ4v) is 4.73. The monoisotopic (exact) mass is 283 g/mol. The van der Waals surface area contributed by atoms with Crippen LogP contribution in [0.25, 0.3) is 0 Å². The van der Waals surface area contributed by atoms with Gasteiger partial charge in [-0.3, -0.25) is 0 Å². The molecule has 1 fully saturated rings. The molecule has 0 amide bonds. The summed E-state index contributed by atoms with van der Waals surface area (Å²) in [6, 6.07) is 5.35. The topological polar surface area (TPSA) is 74.1 Å². The van der Waals surface area contributed by atoms with Crippen molar-refractivity contribution in [3.8, 4) is 6.07 Å². The molecule has 18 heavy (non-hydrogen) atoms. The number of sulfone groups is 1. The molecule has 1 aliphatic rings. The fraction of sp³-hybridized carbons (Fsp3) is 0.455. The first-order chi connectivity index (χ1) is 8.52. The van der Waals surface area contributed by atoms with Gasteiger partial charge in [0.05, 0.1) is 0 Å². The molecule has 2 rings (SSSR count). The lowest BCUT2D eigenvalue weighted by atomic mass is 10.3. The predicted octanol–water partition coefficient (Wildman–Crippen LogP) is 0.877. The fourth-order valence-electron chi connectivity index (χ4n) is 1.89. The zero-order valence-corrected chi connectivity index (χ0v) is 11.5. The first-order valence-corrected chi connectivity index (χ1v) is 8.52. The average molecular weight is 283 g/mol. The molecule has 0 aliphatic carbocycles. The summed E-state index contributed by atoms with van der Waals surface area (Å²) in [5, 5.41) is 8.31. The SMILES string of the molecule is CS(=O)(=O)C1CSCCN1c1ccnc(C#N)c1. The van der Waals surface area contributed by atoms with Gasteiger partial charge in [0, 0.05) is 36.2 Å². The molecule has 1 saturated heterocycles. The van der Waals surface area contributed by atoms with E-state index in [2.05, 4.69) is 4.98 Å². The second kappa shape index (κ2) is 5.16. The minimum Gasteiger partial charge on any atom is -0.353 e. The van der Waals surface area contributed by atoms with Crippen LogP contribution in [0.2, 0.25) is 0 Å². The van der Waals surface area contributed by atoms with Crippen LogP contribution in [-0.2, 0) is 9.84 Å². The van der Waals surface area contributed by atoms with Crippen LogP contribution in [0.3, 0.4) is 0 Å². The molecule has 0 saturated carbocycles. The Bertz CT molecular complexity index is 580. The molecule has 0 radical (unpaired) electrons. The number of nitrogens with zero attached hydrogens (tertiary/aromatic N) is 3. The van der Waals surface area contributed by atoms with E-state index in [1.165, 1.54) is 12.5 Å². The third-order valence-corrected chi connectivity index (χ3v) is 5.41. The van der Waals surface area contributed by atoms with E-state index in [4.69, 9.17) is 5.26 Å². The minimum absolute atomic E-state index is 0.304. The molecule has 0 aromatic carbocycles. The first kappa shape index (κ1) is 13.2. The van der Waals surface area contributed by atoms with Crippen molar-refractivity contribution < 1.29 is 8.42 Å². The van der Waals surface area contributed by atoms with Gasteiger partial charge in [0.1, 0.15) is 17.1 Å². The molecular formula is C11H13N3O2S2. The smallest absolute Gasteiger partial charge is 0.169 e. The highest BCUT2D eigenvalue weighted by Gasteiger charge is 2.31. The van der Waals surface area contributed by atoms with E-state index in [-0.39, 0.29) is 0 Å². The standard InChI is InChI=1S/C11H13N3O2S2/c1-18(15,16)11-8-17-5-4-14(11)10-2-3-13-9(6-10)7-12/h2-3,6,11H,4-5,8H2,1H3. The van der Waals surface area contributed by atoms with Crippen LogP contribution >= 0.6 is 11.8 Å². The third kappa shape index (κ3) is 2.76. The Morgan fingerprint density at radius 2 is 2.39 bits per heavy atom. The van der Waals surface area contributed by atoms with Gasteiger partial charge in [-0.25, -0.2) is 13.4 Å². The summed E-state index contributed by atoms with van der Waals surface area (Å²) in [5.74, 6) is 1.44. The van der Waals surface area contributed by atoms with E-state index in [1.807, 2.05) is 11.0 Å². The van der Waals surface area contributed by atoms with Crippen LogP contribution in [0.5, 0.6) is 0 Å². The summed E-state index contributed by atoms with van der Waals surface area (Å²) in [7, 11) is -3.14. The van der Waals surface area contributed by atoms with Crippen molar-refractivity contribution in [2.24, 2.45) is 0 Å².